The minimum Gasteiger partial charge on any atom is -0.327 e. The molecule has 0 aromatic heterocycles. The zero-order chi connectivity index (χ0) is 9.35. The first-order valence-corrected chi connectivity index (χ1v) is 4.90. The Balaban J connectivity index is 2.55. The van der Waals surface area contributed by atoms with Crippen molar-refractivity contribution < 1.29 is 0 Å². The molecule has 72 valence electrons. The van der Waals surface area contributed by atoms with E-state index in [9.17, 15) is 0 Å². The standard InChI is InChI=1S/C10H22N2/c1-8-5-9(11)7-12(6-8)10(2,3)4/h8-9H,5-7,11H2,1-4H3/t8-,9+/m0/s1. The fourth-order valence-electron chi connectivity index (χ4n) is 1.95. The SMILES string of the molecule is C[C@H]1C[C@@H](N)CN(C(C)(C)C)C1. The number of hydrogen-bond acceptors (Lipinski definition) is 2. The Kier molecular flexibility index (Phi) is 2.79. The van der Waals surface area contributed by atoms with Crippen molar-refractivity contribution in [3.05, 3.63) is 0 Å². The molecule has 0 aromatic rings. The monoisotopic (exact) mass is 170 g/mol. The number of piperidine rings is 1. The van der Waals surface area contributed by atoms with E-state index >= 15 is 0 Å². The van der Waals surface area contributed by atoms with E-state index in [4.69, 9.17) is 5.73 Å². The van der Waals surface area contributed by atoms with E-state index < -0.39 is 0 Å². The lowest BCUT2D eigenvalue weighted by Gasteiger charge is -2.43. The maximum atomic E-state index is 5.97. The van der Waals surface area contributed by atoms with Crippen LogP contribution in [0.5, 0.6) is 0 Å². The first kappa shape index (κ1) is 10.0. The molecule has 0 aromatic carbocycles. The van der Waals surface area contributed by atoms with Crippen LogP contribution >= 0.6 is 0 Å². The topological polar surface area (TPSA) is 29.3 Å². The third-order valence-electron chi connectivity index (χ3n) is 2.64. The van der Waals surface area contributed by atoms with E-state index in [-0.39, 0.29) is 5.54 Å². The molecule has 0 radical (unpaired) electrons. The van der Waals surface area contributed by atoms with Crippen LogP contribution in [-0.2, 0) is 0 Å². The first-order chi connectivity index (χ1) is 5.39. The smallest absolute Gasteiger partial charge is 0.0171 e. The molecular weight excluding hydrogens is 148 g/mol. The molecule has 2 nitrogen and oxygen atoms in total. The Morgan fingerprint density at radius 2 is 1.83 bits per heavy atom. The molecule has 1 heterocycles. The largest absolute Gasteiger partial charge is 0.327 e. The molecule has 0 spiro atoms. The average Bonchev–Trinajstić information content (AvgIpc) is 1.82. The van der Waals surface area contributed by atoms with Crippen molar-refractivity contribution >= 4 is 0 Å². The van der Waals surface area contributed by atoms with Gasteiger partial charge < -0.3 is 5.73 Å². The Hall–Kier alpha value is -0.0800. The summed E-state index contributed by atoms with van der Waals surface area (Å²) >= 11 is 0. The Bertz CT molecular complexity index is 138. The first-order valence-electron chi connectivity index (χ1n) is 4.90. The molecule has 0 unspecified atom stereocenters. The van der Waals surface area contributed by atoms with Gasteiger partial charge in [0.15, 0.2) is 0 Å². The molecule has 0 saturated carbocycles. The van der Waals surface area contributed by atoms with Crippen molar-refractivity contribution in [2.75, 3.05) is 13.1 Å². The average molecular weight is 170 g/mol. The molecule has 0 amide bonds. The minimum absolute atomic E-state index is 0.284. The van der Waals surface area contributed by atoms with E-state index in [1.165, 1.54) is 13.0 Å². The van der Waals surface area contributed by atoms with Crippen LogP contribution in [0.3, 0.4) is 0 Å². The van der Waals surface area contributed by atoms with Crippen LogP contribution in [0.25, 0.3) is 0 Å². The summed E-state index contributed by atoms with van der Waals surface area (Å²) < 4.78 is 0. The molecule has 2 heteroatoms. The van der Waals surface area contributed by atoms with Gasteiger partial charge >= 0.3 is 0 Å². The van der Waals surface area contributed by atoms with Gasteiger partial charge in [-0.05, 0) is 33.1 Å². The van der Waals surface area contributed by atoms with Gasteiger partial charge in [-0.25, -0.2) is 0 Å². The van der Waals surface area contributed by atoms with E-state index in [2.05, 4.69) is 32.6 Å². The molecule has 2 atom stereocenters. The molecule has 1 fully saturated rings. The Labute approximate surface area is 76.1 Å². The Morgan fingerprint density at radius 3 is 2.25 bits per heavy atom. The van der Waals surface area contributed by atoms with Gasteiger partial charge in [-0.3, -0.25) is 4.90 Å². The minimum atomic E-state index is 0.284. The lowest BCUT2D eigenvalue weighted by Crippen LogP contribution is -2.53. The van der Waals surface area contributed by atoms with Crippen LogP contribution in [0.2, 0.25) is 0 Å². The second-order valence-electron chi connectivity index (χ2n) is 5.18. The summed E-state index contributed by atoms with van der Waals surface area (Å²) in [5.74, 6) is 0.757. The van der Waals surface area contributed by atoms with Gasteiger partial charge in [0.05, 0.1) is 0 Å². The second-order valence-corrected chi connectivity index (χ2v) is 5.18. The van der Waals surface area contributed by atoms with E-state index in [0.717, 1.165) is 12.5 Å². The third-order valence-corrected chi connectivity index (χ3v) is 2.64. The van der Waals surface area contributed by atoms with Crippen molar-refractivity contribution in [1.29, 1.82) is 0 Å². The summed E-state index contributed by atoms with van der Waals surface area (Å²) in [6.07, 6.45) is 1.19. The van der Waals surface area contributed by atoms with E-state index in [0.29, 0.717) is 6.04 Å². The van der Waals surface area contributed by atoms with Crippen molar-refractivity contribution in [3.8, 4) is 0 Å². The van der Waals surface area contributed by atoms with Gasteiger partial charge in [0.1, 0.15) is 0 Å². The predicted octanol–water partition coefficient (Wildman–Crippen LogP) is 1.45. The highest BCUT2D eigenvalue weighted by Crippen LogP contribution is 2.22. The fourth-order valence-corrected chi connectivity index (χ4v) is 1.95. The normalized spacial score (nSPS) is 33.8. The molecule has 0 bridgehead atoms. The summed E-state index contributed by atoms with van der Waals surface area (Å²) in [5.41, 5.74) is 6.25. The highest BCUT2D eigenvalue weighted by molar-refractivity contribution is 4.86. The van der Waals surface area contributed by atoms with Crippen LogP contribution in [-0.4, -0.2) is 29.6 Å². The second kappa shape index (κ2) is 3.35. The van der Waals surface area contributed by atoms with Crippen molar-refractivity contribution in [2.24, 2.45) is 11.7 Å². The summed E-state index contributed by atoms with van der Waals surface area (Å²) in [5, 5.41) is 0. The quantitative estimate of drug-likeness (QED) is 0.596. The maximum absolute atomic E-state index is 5.97. The fraction of sp³-hybridized carbons (Fsp3) is 1.00. The van der Waals surface area contributed by atoms with Gasteiger partial charge in [0.25, 0.3) is 0 Å². The summed E-state index contributed by atoms with van der Waals surface area (Å²) in [6.45, 7) is 11.3. The molecule has 1 aliphatic heterocycles. The van der Waals surface area contributed by atoms with E-state index in [1.54, 1.807) is 0 Å². The number of hydrogen-bond donors (Lipinski definition) is 1. The van der Waals surface area contributed by atoms with Gasteiger partial charge in [0.2, 0.25) is 0 Å². The van der Waals surface area contributed by atoms with Gasteiger partial charge in [0, 0.05) is 24.7 Å². The summed E-state index contributed by atoms with van der Waals surface area (Å²) in [6, 6.07) is 0.382. The molecule has 12 heavy (non-hydrogen) atoms. The summed E-state index contributed by atoms with van der Waals surface area (Å²) in [4.78, 5) is 2.49. The van der Waals surface area contributed by atoms with Crippen LogP contribution in [0, 0.1) is 5.92 Å². The molecule has 1 aliphatic rings. The van der Waals surface area contributed by atoms with Crippen molar-refractivity contribution in [2.45, 2.75) is 45.7 Å². The number of rotatable bonds is 0. The Morgan fingerprint density at radius 1 is 1.25 bits per heavy atom. The van der Waals surface area contributed by atoms with Crippen LogP contribution in [0.1, 0.15) is 34.1 Å². The van der Waals surface area contributed by atoms with Gasteiger partial charge in [-0.2, -0.15) is 0 Å². The molecule has 2 N–H and O–H groups in total. The van der Waals surface area contributed by atoms with Gasteiger partial charge in [-0.1, -0.05) is 6.92 Å². The molecule has 1 saturated heterocycles. The van der Waals surface area contributed by atoms with Crippen LogP contribution in [0.15, 0.2) is 0 Å². The zero-order valence-corrected chi connectivity index (χ0v) is 8.80. The van der Waals surface area contributed by atoms with Crippen LogP contribution < -0.4 is 5.73 Å². The highest BCUT2D eigenvalue weighted by Gasteiger charge is 2.29. The van der Waals surface area contributed by atoms with Crippen molar-refractivity contribution in [3.63, 3.8) is 0 Å². The highest BCUT2D eigenvalue weighted by atomic mass is 15.2. The predicted molar refractivity (Wildman–Crippen MR) is 53.1 cm³/mol. The molecule has 1 rings (SSSR count). The number of nitrogens with zero attached hydrogens (tertiary/aromatic N) is 1. The lowest BCUT2D eigenvalue weighted by molar-refractivity contribution is 0.0732. The maximum Gasteiger partial charge on any atom is 0.0171 e. The number of likely N-dealkylation sites (tertiary alicyclic amines) is 1. The summed E-state index contributed by atoms with van der Waals surface area (Å²) in [7, 11) is 0. The zero-order valence-electron chi connectivity index (χ0n) is 8.80. The van der Waals surface area contributed by atoms with Gasteiger partial charge in [-0.15, -0.1) is 0 Å². The third kappa shape index (κ3) is 2.46. The molecular formula is C10H22N2. The van der Waals surface area contributed by atoms with E-state index in [1.807, 2.05) is 0 Å². The number of nitrogens with two attached hydrogens (primary N) is 1. The van der Waals surface area contributed by atoms with Crippen LogP contribution in [0.4, 0.5) is 0 Å². The molecule has 0 aliphatic carbocycles. The van der Waals surface area contributed by atoms with Crippen molar-refractivity contribution in [1.82, 2.24) is 4.90 Å². The lowest BCUT2D eigenvalue weighted by atomic mass is 9.92.